The maximum Gasteiger partial charge on any atom is 0.241 e. The highest BCUT2D eigenvalue weighted by molar-refractivity contribution is 5.86. The van der Waals surface area contributed by atoms with E-state index in [0.29, 0.717) is 25.5 Å². The molecule has 1 aromatic carbocycles. The number of carbonyl (C=O) groups excluding carboxylic acids is 1. The molecule has 1 heterocycles. The third-order valence-corrected chi connectivity index (χ3v) is 4.43. The first kappa shape index (κ1) is 22.0. The van der Waals surface area contributed by atoms with Crippen molar-refractivity contribution in [3.8, 4) is 11.5 Å². The van der Waals surface area contributed by atoms with Gasteiger partial charge in [-0.15, -0.1) is 0 Å². The van der Waals surface area contributed by atoms with Crippen LogP contribution in [0.5, 0.6) is 11.5 Å². The van der Waals surface area contributed by atoms with Crippen LogP contribution in [0, 0.1) is 0 Å². The van der Waals surface area contributed by atoms with Gasteiger partial charge in [0.05, 0.1) is 20.8 Å². The van der Waals surface area contributed by atoms with Gasteiger partial charge in [0, 0.05) is 57.1 Å². The number of pyridine rings is 1. The molecule has 0 aliphatic rings. The number of guanidine groups is 1. The molecule has 29 heavy (non-hydrogen) atoms. The van der Waals surface area contributed by atoms with Gasteiger partial charge in [0.25, 0.3) is 0 Å². The number of ether oxygens (including phenoxy) is 2. The molecule has 0 aliphatic heterocycles. The number of amides is 1. The summed E-state index contributed by atoms with van der Waals surface area (Å²) in [6, 6.07) is 11.4. The van der Waals surface area contributed by atoms with E-state index in [1.165, 1.54) is 0 Å². The molecular weight excluding hydrogens is 370 g/mol. The summed E-state index contributed by atoms with van der Waals surface area (Å²) in [6.07, 6.45) is 2.47. The minimum atomic E-state index is -0.0223. The number of hydrogen-bond donors (Lipinski definition) is 2. The van der Waals surface area contributed by atoms with Crippen LogP contribution in [0.2, 0.25) is 0 Å². The SMILES string of the molecule is CN=C(NCC(=O)N(C)CCc1ccccn1)NCc1ccc(OC)cc1OC. The topological polar surface area (TPSA) is 88.1 Å². The Hall–Kier alpha value is -3.29. The summed E-state index contributed by atoms with van der Waals surface area (Å²) in [5.74, 6) is 1.96. The van der Waals surface area contributed by atoms with Crippen molar-refractivity contribution in [1.82, 2.24) is 20.5 Å². The van der Waals surface area contributed by atoms with Crippen LogP contribution in [0.1, 0.15) is 11.3 Å². The van der Waals surface area contributed by atoms with Gasteiger partial charge in [-0.2, -0.15) is 0 Å². The molecule has 8 nitrogen and oxygen atoms in total. The first-order valence-electron chi connectivity index (χ1n) is 9.36. The van der Waals surface area contributed by atoms with Crippen LogP contribution in [-0.4, -0.2) is 63.2 Å². The third-order valence-electron chi connectivity index (χ3n) is 4.43. The second-order valence-electron chi connectivity index (χ2n) is 6.34. The van der Waals surface area contributed by atoms with Gasteiger partial charge in [-0.25, -0.2) is 0 Å². The van der Waals surface area contributed by atoms with E-state index in [1.54, 1.807) is 39.4 Å². The van der Waals surface area contributed by atoms with Gasteiger partial charge in [0.2, 0.25) is 5.91 Å². The van der Waals surface area contributed by atoms with Gasteiger partial charge >= 0.3 is 0 Å². The molecule has 2 aromatic rings. The first-order chi connectivity index (χ1) is 14.1. The molecule has 0 unspecified atom stereocenters. The van der Waals surface area contributed by atoms with Crippen LogP contribution in [0.25, 0.3) is 0 Å². The molecule has 0 atom stereocenters. The van der Waals surface area contributed by atoms with E-state index in [9.17, 15) is 4.79 Å². The normalized spacial score (nSPS) is 11.0. The van der Waals surface area contributed by atoms with Crippen LogP contribution < -0.4 is 20.1 Å². The van der Waals surface area contributed by atoms with Crippen molar-refractivity contribution < 1.29 is 14.3 Å². The summed E-state index contributed by atoms with van der Waals surface area (Å²) in [5.41, 5.74) is 1.92. The predicted molar refractivity (Wildman–Crippen MR) is 113 cm³/mol. The highest BCUT2D eigenvalue weighted by Gasteiger charge is 2.11. The van der Waals surface area contributed by atoms with E-state index in [1.807, 2.05) is 36.4 Å². The number of aromatic nitrogens is 1. The Bertz CT molecular complexity index is 811. The lowest BCUT2D eigenvalue weighted by atomic mass is 10.2. The number of aliphatic imine (C=N–C) groups is 1. The summed E-state index contributed by atoms with van der Waals surface area (Å²) in [5, 5.41) is 6.23. The largest absolute Gasteiger partial charge is 0.497 e. The van der Waals surface area contributed by atoms with Crippen molar-refractivity contribution in [2.24, 2.45) is 4.99 Å². The van der Waals surface area contributed by atoms with E-state index >= 15 is 0 Å². The monoisotopic (exact) mass is 399 g/mol. The van der Waals surface area contributed by atoms with E-state index in [-0.39, 0.29) is 12.5 Å². The van der Waals surface area contributed by atoms with Gasteiger partial charge in [0.15, 0.2) is 5.96 Å². The Morgan fingerprint density at radius 2 is 2.00 bits per heavy atom. The Morgan fingerprint density at radius 1 is 1.17 bits per heavy atom. The number of likely N-dealkylation sites (N-methyl/N-ethyl adjacent to an activating group) is 1. The van der Waals surface area contributed by atoms with E-state index in [0.717, 1.165) is 22.8 Å². The fourth-order valence-electron chi connectivity index (χ4n) is 2.64. The lowest BCUT2D eigenvalue weighted by Crippen LogP contribution is -2.43. The average Bonchev–Trinajstić information content (AvgIpc) is 2.77. The summed E-state index contributed by atoms with van der Waals surface area (Å²) in [7, 11) is 6.68. The zero-order valence-corrected chi connectivity index (χ0v) is 17.4. The smallest absolute Gasteiger partial charge is 0.241 e. The van der Waals surface area contributed by atoms with E-state index in [2.05, 4.69) is 20.6 Å². The molecule has 156 valence electrons. The zero-order valence-electron chi connectivity index (χ0n) is 17.4. The van der Waals surface area contributed by atoms with Gasteiger partial charge in [0.1, 0.15) is 11.5 Å². The van der Waals surface area contributed by atoms with Gasteiger partial charge in [-0.05, 0) is 24.3 Å². The van der Waals surface area contributed by atoms with Gasteiger partial charge in [-0.3, -0.25) is 14.8 Å². The number of nitrogens with one attached hydrogen (secondary N) is 2. The van der Waals surface area contributed by atoms with Crippen molar-refractivity contribution in [1.29, 1.82) is 0 Å². The van der Waals surface area contributed by atoms with Gasteiger partial charge in [-0.1, -0.05) is 6.07 Å². The van der Waals surface area contributed by atoms with Crippen molar-refractivity contribution in [2.45, 2.75) is 13.0 Å². The third kappa shape index (κ3) is 6.99. The van der Waals surface area contributed by atoms with E-state index < -0.39 is 0 Å². The fourth-order valence-corrected chi connectivity index (χ4v) is 2.64. The molecule has 2 rings (SSSR count). The summed E-state index contributed by atoms with van der Waals surface area (Å²) in [6.45, 7) is 1.25. The quantitative estimate of drug-likeness (QED) is 0.490. The van der Waals surface area contributed by atoms with Crippen molar-refractivity contribution in [3.05, 3.63) is 53.9 Å². The fraction of sp³-hybridized carbons (Fsp3) is 0.381. The molecule has 0 bridgehead atoms. The van der Waals surface area contributed by atoms with Crippen LogP contribution in [0.15, 0.2) is 47.6 Å². The molecule has 0 saturated heterocycles. The zero-order chi connectivity index (χ0) is 21.1. The number of nitrogens with zero attached hydrogens (tertiary/aromatic N) is 3. The van der Waals surface area contributed by atoms with Crippen LogP contribution in [-0.2, 0) is 17.8 Å². The predicted octanol–water partition coefficient (Wildman–Crippen LogP) is 1.46. The summed E-state index contributed by atoms with van der Waals surface area (Å²) >= 11 is 0. The van der Waals surface area contributed by atoms with Crippen molar-refractivity contribution in [2.75, 3.05) is 41.4 Å². The number of benzene rings is 1. The highest BCUT2D eigenvalue weighted by Crippen LogP contribution is 2.24. The Morgan fingerprint density at radius 3 is 2.66 bits per heavy atom. The molecular formula is C21H29N5O3. The second-order valence-corrected chi connectivity index (χ2v) is 6.34. The Kier molecular flexibility index (Phi) is 8.75. The second kappa shape index (κ2) is 11.5. The Balaban J connectivity index is 1.80. The molecule has 1 aromatic heterocycles. The standard InChI is InChI=1S/C21H29N5O3/c1-22-21(24-14-16-8-9-18(28-3)13-19(16)29-4)25-15-20(27)26(2)12-10-17-7-5-6-11-23-17/h5-9,11,13H,10,12,14-15H2,1-4H3,(H2,22,24,25). The van der Waals surface area contributed by atoms with E-state index in [4.69, 9.17) is 9.47 Å². The average molecular weight is 399 g/mol. The molecule has 0 fully saturated rings. The first-order valence-corrected chi connectivity index (χ1v) is 9.36. The summed E-state index contributed by atoms with van der Waals surface area (Å²) < 4.78 is 10.6. The maximum atomic E-state index is 12.4. The number of methoxy groups -OCH3 is 2. The molecule has 2 N–H and O–H groups in total. The molecule has 0 saturated carbocycles. The molecule has 8 heteroatoms. The molecule has 0 aliphatic carbocycles. The maximum absolute atomic E-state index is 12.4. The van der Waals surface area contributed by atoms with Crippen LogP contribution in [0.3, 0.4) is 0 Å². The summed E-state index contributed by atoms with van der Waals surface area (Å²) in [4.78, 5) is 22.5. The lowest BCUT2D eigenvalue weighted by molar-refractivity contribution is -0.128. The van der Waals surface area contributed by atoms with Crippen molar-refractivity contribution >= 4 is 11.9 Å². The van der Waals surface area contributed by atoms with Crippen molar-refractivity contribution in [3.63, 3.8) is 0 Å². The molecule has 0 spiro atoms. The molecule has 0 radical (unpaired) electrons. The molecule has 1 amide bonds. The highest BCUT2D eigenvalue weighted by atomic mass is 16.5. The number of rotatable bonds is 9. The lowest BCUT2D eigenvalue weighted by Gasteiger charge is -2.19. The van der Waals surface area contributed by atoms with Crippen LogP contribution >= 0.6 is 0 Å². The minimum absolute atomic E-state index is 0.0223. The van der Waals surface area contributed by atoms with Gasteiger partial charge < -0.3 is 25.0 Å². The number of hydrogen-bond acceptors (Lipinski definition) is 5. The minimum Gasteiger partial charge on any atom is -0.497 e. The number of carbonyl (C=O) groups is 1. The van der Waals surface area contributed by atoms with Crippen LogP contribution in [0.4, 0.5) is 0 Å². The Labute approximate surface area is 172 Å².